The second-order valence-electron chi connectivity index (χ2n) is 5.21. The molecule has 1 aliphatic rings. The van der Waals surface area contributed by atoms with Crippen molar-refractivity contribution in [2.24, 2.45) is 5.92 Å². The molecule has 2 N–H and O–H groups in total. The van der Waals surface area contributed by atoms with Crippen LogP contribution in [0.1, 0.15) is 34.3 Å². The number of aliphatic hydroxyl groups is 1. The summed E-state index contributed by atoms with van der Waals surface area (Å²) in [7, 11) is 0. The molecular weight excluding hydrogens is 284 g/mol. The van der Waals surface area contributed by atoms with E-state index in [1.54, 1.807) is 6.07 Å². The predicted molar refractivity (Wildman–Crippen MR) is 85.5 cm³/mol. The van der Waals surface area contributed by atoms with Gasteiger partial charge in [-0.05, 0) is 50.5 Å². The highest BCUT2D eigenvalue weighted by molar-refractivity contribution is 7.14. The molecule has 1 aromatic rings. The zero-order valence-corrected chi connectivity index (χ0v) is 13.2. The monoisotopic (exact) mass is 306 g/mol. The normalized spacial score (nSPS) is 16.3. The van der Waals surface area contributed by atoms with E-state index in [9.17, 15) is 4.79 Å². The molecule has 4 nitrogen and oxygen atoms in total. The molecule has 1 aromatic heterocycles. The number of amides is 1. The molecule has 1 saturated heterocycles. The van der Waals surface area contributed by atoms with Gasteiger partial charge >= 0.3 is 0 Å². The van der Waals surface area contributed by atoms with E-state index in [2.05, 4.69) is 29.0 Å². The van der Waals surface area contributed by atoms with Crippen LogP contribution in [0.25, 0.3) is 0 Å². The maximum absolute atomic E-state index is 12.1. The van der Waals surface area contributed by atoms with Gasteiger partial charge in [-0.1, -0.05) is 18.8 Å². The van der Waals surface area contributed by atoms with Gasteiger partial charge in [0.1, 0.15) is 6.61 Å². The molecule has 5 heteroatoms. The summed E-state index contributed by atoms with van der Waals surface area (Å²) in [5.74, 6) is 5.98. The minimum Gasteiger partial charge on any atom is -0.384 e. The third-order valence-corrected chi connectivity index (χ3v) is 4.83. The average Bonchev–Trinajstić information content (AvgIpc) is 3.00. The van der Waals surface area contributed by atoms with Gasteiger partial charge < -0.3 is 15.3 Å². The summed E-state index contributed by atoms with van der Waals surface area (Å²) in [5, 5.41) is 11.7. The summed E-state index contributed by atoms with van der Waals surface area (Å²) < 4.78 is 0. The molecule has 2 rings (SSSR count). The van der Waals surface area contributed by atoms with Gasteiger partial charge in [0.15, 0.2) is 0 Å². The standard InChI is InChI=1S/C16H22N2O2S/c1-2-18-9-7-13(8-10-18)12-17-16(20)15-6-5-14(21-15)4-3-11-19/h5-6,13,19H,2,7-12H2,1H3,(H,17,20). The summed E-state index contributed by atoms with van der Waals surface area (Å²) >= 11 is 1.37. The van der Waals surface area contributed by atoms with E-state index in [1.807, 2.05) is 6.07 Å². The predicted octanol–water partition coefficient (Wildman–Crippen LogP) is 1.55. The van der Waals surface area contributed by atoms with Crippen molar-refractivity contribution in [1.29, 1.82) is 0 Å². The van der Waals surface area contributed by atoms with Crippen molar-refractivity contribution in [1.82, 2.24) is 10.2 Å². The van der Waals surface area contributed by atoms with Crippen LogP contribution in [0.2, 0.25) is 0 Å². The fourth-order valence-electron chi connectivity index (χ4n) is 2.48. The first-order valence-electron chi connectivity index (χ1n) is 7.43. The number of carbonyl (C=O) groups excluding carboxylic acids is 1. The number of thiophene rings is 1. The maximum Gasteiger partial charge on any atom is 0.261 e. The van der Waals surface area contributed by atoms with Gasteiger partial charge in [0, 0.05) is 6.54 Å². The Morgan fingerprint density at radius 3 is 2.90 bits per heavy atom. The van der Waals surface area contributed by atoms with Crippen LogP contribution in [-0.2, 0) is 0 Å². The van der Waals surface area contributed by atoms with E-state index in [4.69, 9.17) is 5.11 Å². The summed E-state index contributed by atoms with van der Waals surface area (Å²) in [6.07, 6.45) is 2.32. The molecule has 0 aromatic carbocycles. The highest BCUT2D eigenvalue weighted by atomic mass is 32.1. The van der Waals surface area contributed by atoms with Crippen LogP contribution in [0.15, 0.2) is 12.1 Å². The number of aliphatic hydroxyl groups excluding tert-OH is 1. The summed E-state index contributed by atoms with van der Waals surface area (Å²) in [6, 6.07) is 3.61. The Hall–Kier alpha value is -1.35. The second kappa shape index (κ2) is 8.18. The Morgan fingerprint density at radius 2 is 2.24 bits per heavy atom. The van der Waals surface area contributed by atoms with E-state index >= 15 is 0 Å². The Morgan fingerprint density at radius 1 is 1.48 bits per heavy atom. The molecule has 0 atom stereocenters. The molecular formula is C16H22N2O2S. The van der Waals surface area contributed by atoms with Gasteiger partial charge in [-0.15, -0.1) is 11.3 Å². The third-order valence-electron chi connectivity index (χ3n) is 3.83. The highest BCUT2D eigenvalue weighted by Gasteiger charge is 2.19. The first-order chi connectivity index (χ1) is 10.2. The van der Waals surface area contributed by atoms with E-state index in [-0.39, 0.29) is 12.5 Å². The first-order valence-corrected chi connectivity index (χ1v) is 8.24. The number of carbonyl (C=O) groups is 1. The van der Waals surface area contributed by atoms with E-state index in [1.165, 1.54) is 11.3 Å². The van der Waals surface area contributed by atoms with Crippen LogP contribution in [0.3, 0.4) is 0 Å². The van der Waals surface area contributed by atoms with Crippen LogP contribution in [0.4, 0.5) is 0 Å². The van der Waals surface area contributed by atoms with Gasteiger partial charge in [0.05, 0.1) is 9.75 Å². The number of nitrogens with zero attached hydrogens (tertiary/aromatic N) is 1. The Balaban J connectivity index is 1.78. The average molecular weight is 306 g/mol. The number of likely N-dealkylation sites (tertiary alicyclic amines) is 1. The molecule has 0 unspecified atom stereocenters. The van der Waals surface area contributed by atoms with Crippen molar-refractivity contribution in [3.8, 4) is 11.8 Å². The van der Waals surface area contributed by atoms with Crippen molar-refractivity contribution in [2.75, 3.05) is 32.8 Å². The van der Waals surface area contributed by atoms with Crippen molar-refractivity contribution in [2.45, 2.75) is 19.8 Å². The van der Waals surface area contributed by atoms with Gasteiger partial charge in [-0.3, -0.25) is 4.79 Å². The number of nitrogens with one attached hydrogen (secondary N) is 1. The number of piperidine rings is 1. The molecule has 114 valence electrons. The van der Waals surface area contributed by atoms with Gasteiger partial charge in [0.25, 0.3) is 5.91 Å². The lowest BCUT2D eigenvalue weighted by Crippen LogP contribution is -2.38. The van der Waals surface area contributed by atoms with Crippen molar-refractivity contribution >= 4 is 17.2 Å². The molecule has 0 radical (unpaired) electrons. The molecule has 0 spiro atoms. The molecule has 0 saturated carbocycles. The molecule has 0 bridgehead atoms. The van der Waals surface area contributed by atoms with Crippen LogP contribution in [0, 0.1) is 17.8 Å². The van der Waals surface area contributed by atoms with Gasteiger partial charge in [-0.25, -0.2) is 0 Å². The van der Waals surface area contributed by atoms with E-state index in [0.29, 0.717) is 10.8 Å². The summed E-state index contributed by atoms with van der Waals surface area (Å²) in [5.41, 5.74) is 0. The number of rotatable bonds is 4. The second-order valence-corrected chi connectivity index (χ2v) is 6.30. The Kier molecular flexibility index (Phi) is 6.24. The SMILES string of the molecule is CCN1CCC(CNC(=O)c2ccc(C#CCO)s2)CC1. The van der Waals surface area contributed by atoms with E-state index < -0.39 is 0 Å². The minimum absolute atomic E-state index is 0.0185. The summed E-state index contributed by atoms with van der Waals surface area (Å²) in [6.45, 7) is 6.18. The van der Waals surface area contributed by atoms with Crippen LogP contribution in [0.5, 0.6) is 0 Å². The van der Waals surface area contributed by atoms with E-state index in [0.717, 1.165) is 43.9 Å². The first kappa shape index (κ1) is 16.0. The Bertz CT molecular complexity index is 522. The summed E-state index contributed by atoms with van der Waals surface area (Å²) in [4.78, 5) is 16.0. The number of hydrogen-bond donors (Lipinski definition) is 2. The third kappa shape index (κ3) is 4.85. The van der Waals surface area contributed by atoms with Crippen molar-refractivity contribution < 1.29 is 9.90 Å². The lowest BCUT2D eigenvalue weighted by atomic mass is 9.97. The number of hydrogen-bond acceptors (Lipinski definition) is 4. The van der Waals surface area contributed by atoms with Gasteiger partial charge in [-0.2, -0.15) is 0 Å². The van der Waals surface area contributed by atoms with Gasteiger partial charge in [0.2, 0.25) is 0 Å². The van der Waals surface area contributed by atoms with Crippen molar-refractivity contribution in [3.05, 3.63) is 21.9 Å². The van der Waals surface area contributed by atoms with Crippen molar-refractivity contribution in [3.63, 3.8) is 0 Å². The molecule has 2 heterocycles. The molecule has 1 fully saturated rings. The quantitative estimate of drug-likeness (QED) is 0.830. The fourth-order valence-corrected chi connectivity index (χ4v) is 3.28. The fraction of sp³-hybridized carbons (Fsp3) is 0.562. The van der Waals surface area contributed by atoms with Crippen LogP contribution < -0.4 is 5.32 Å². The molecule has 21 heavy (non-hydrogen) atoms. The zero-order valence-electron chi connectivity index (χ0n) is 12.4. The van der Waals surface area contributed by atoms with Crippen LogP contribution >= 0.6 is 11.3 Å². The largest absolute Gasteiger partial charge is 0.384 e. The lowest BCUT2D eigenvalue weighted by molar-refractivity contribution is 0.0941. The zero-order chi connectivity index (χ0) is 15.1. The molecule has 1 aliphatic heterocycles. The Labute approximate surface area is 130 Å². The highest BCUT2D eigenvalue weighted by Crippen LogP contribution is 2.18. The smallest absolute Gasteiger partial charge is 0.261 e. The van der Waals surface area contributed by atoms with Crippen LogP contribution in [-0.4, -0.2) is 48.7 Å². The lowest BCUT2D eigenvalue weighted by Gasteiger charge is -2.30. The topological polar surface area (TPSA) is 52.6 Å². The molecule has 1 amide bonds. The molecule has 0 aliphatic carbocycles. The minimum atomic E-state index is -0.157. The maximum atomic E-state index is 12.1.